The third-order valence-corrected chi connectivity index (χ3v) is 5.63. The van der Waals surface area contributed by atoms with Gasteiger partial charge in [0.2, 0.25) is 0 Å². The molecule has 5 rings (SSSR count). The van der Waals surface area contributed by atoms with Crippen molar-refractivity contribution in [2.45, 2.75) is 19.3 Å². The lowest BCUT2D eigenvalue weighted by Gasteiger charge is -2.31. The first-order chi connectivity index (χ1) is 15.3. The Morgan fingerprint density at radius 3 is 2.58 bits per heavy atom. The van der Waals surface area contributed by atoms with Crippen molar-refractivity contribution < 1.29 is 9.53 Å². The Balaban J connectivity index is 1.22. The number of hydrogen-bond acceptors (Lipinski definition) is 7. The van der Waals surface area contributed by atoms with Crippen LogP contribution in [0, 0.1) is 5.92 Å². The Hall–Kier alpha value is -3.81. The van der Waals surface area contributed by atoms with Crippen molar-refractivity contribution >= 4 is 17.4 Å². The van der Waals surface area contributed by atoms with Crippen LogP contribution in [0.1, 0.15) is 24.0 Å². The van der Waals surface area contributed by atoms with Gasteiger partial charge < -0.3 is 9.64 Å². The topological polar surface area (TPSA) is 85.5 Å². The monoisotopic (exact) mass is 414 g/mol. The number of nitrogens with zero attached hydrogens (tertiary/aromatic N) is 6. The summed E-state index contributed by atoms with van der Waals surface area (Å²) in [6.45, 7) is 1.46. The van der Waals surface area contributed by atoms with Gasteiger partial charge in [-0.1, -0.05) is 48.5 Å². The molecule has 0 unspecified atom stereocenters. The number of aromatic nitrogens is 5. The zero-order valence-electron chi connectivity index (χ0n) is 17.0. The molecular weight excluding hydrogens is 392 g/mol. The van der Waals surface area contributed by atoms with Crippen LogP contribution in [0.25, 0.3) is 5.65 Å². The lowest BCUT2D eigenvalue weighted by Crippen LogP contribution is -2.38. The molecule has 1 aliphatic heterocycles. The number of tetrazole rings is 1. The second kappa shape index (κ2) is 8.51. The lowest BCUT2D eigenvalue weighted by atomic mass is 9.97. The second-order valence-corrected chi connectivity index (χ2v) is 7.67. The molecule has 31 heavy (non-hydrogen) atoms. The van der Waals surface area contributed by atoms with E-state index in [2.05, 4.69) is 37.7 Å². The summed E-state index contributed by atoms with van der Waals surface area (Å²) in [5.74, 6) is 1.16. The molecule has 4 aromatic rings. The maximum absolute atomic E-state index is 12.9. The quantitative estimate of drug-likeness (QED) is 0.367. The van der Waals surface area contributed by atoms with Gasteiger partial charge in [0, 0.05) is 19.5 Å². The van der Waals surface area contributed by atoms with Crippen molar-refractivity contribution in [2.75, 3.05) is 18.0 Å². The van der Waals surface area contributed by atoms with Gasteiger partial charge in [0.1, 0.15) is 5.75 Å². The number of carbonyl (C=O) groups excluding carboxylic acids is 1. The van der Waals surface area contributed by atoms with Crippen molar-refractivity contribution in [1.29, 1.82) is 0 Å². The summed E-state index contributed by atoms with van der Waals surface area (Å²) < 4.78 is 7.26. The molecular formula is C23H22N6O2. The van der Waals surface area contributed by atoms with Gasteiger partial charge in [-0.05, 0) is 52.6 Å². The summed E-state index contributed by atoms with van der Waals surface area (Å²) in [7, 11) is 0. The smallest absolute Gasteiger partial charge is 0.314 e. The summed E-state index contributed by atoms with van der Waals surface area (Å²) >= 11 is 0. The SMILES string of the molecule is O=C(Oc1ccccc1Cc1ccccc1)C1CCN(c2ccc3nnnn3n2)CC1. The van der Waals surface area contributed by atoms with Gasteiger partial charge in [-0.2, -0.15) is 0 Å². The van der Waals surface area contributed by atoms with E-state index >= 15 is 0 Å². The van der Waals surface area contributed by atoms with Crippen molar-refractivity contribution in [2.24, 2.45) is 5.92 Å². The number of hydrogen-bond donors (Lipinski definition) is 0. The van der Waals surface area contributed by atoms with Gasteiger partial charge in [0.05, 0.1) is 5.92 Å². The maximum atomic E-state index is 12.9. The fourth-order valence-electron chi connectivity index (χ4n) is 3.91. The van der Waals surface area contributed by atoms with Gasteiger partial charge in [0.15, 0.2) is 11.5 Å². The highest BCUT2D eigenvalue weighted by Gasteiger charge is 2.28. The predicted octanol–water partition coefficient (Wildman–Crippen LogP) is 2.93. The van der Waals surface area contributed by atoms with E-state index in [1.807, 2.05) is 54.6 Å². The Morgan fingerprint density at radius 1 is 0.968 bits per heavy atom. The number of esters is 1. The fraction of sp³-hybridized carbons (Fsp3) is 0.261. The molecule has 0 saturated carbocycles. The second-order valence-electron chi connectivity index (χ2n) is 7.67. The number of ether oxygens (including phenoxy) is 1. The summed E-state index contributed by atoms with van der Waals surface area (Å²) in [5.41, 5.74) is 2.81. The number of rotatable bonds is 5. The first kappa shape index (κ1) is 19.2. The van der Waals surface area contributed by atoms with E-state index in [4.69, 9.17) is 4.74 Å². The number of piperidine rings is 1. The lowest BCUT2D eigenvalue weighted by molar-refractivity contribution is -0.139. The van der Waals surface area contributed by atoms with E-state index in [9.17, 15) is 4.79 Å². The molecule has 0 bridgehead atoms. The summed E-state index contributed by atoms with van der Waals surface area (Å²) in [5, 5.41) is 15.8. The van der Waals surface area contributed by atoms with Gasteiger partial charge in [-0.3, -0.25) is 4.79 Å². The summed E-state index contributed by atoms with van der Waals surface area (Å²) in [6.07, 6.45) is 2.16. The first-order valence-electron chi connectivity index (χ1n) is 10.4. The molecule has 1 fully saturated rings. The molecule has 0 aliphatic carbocycles. The number of anilines is 1. The average Bonchev–Trinajstić information content (AvgIpc) is 3.29. The predicted molar refractivity (Wildman–Crippen MR) is 115 cm³/mol. The molecule has 0 atom stereocenters. The highest BCUT2D eigenvalue weighted by atomic mass is 16.5. The van der Waals surface area contributed by atoms with E-state index in [1.165, 1.54) is 10.2 Å². The van der Waals surface area contributed by atoms with Gasteiger partial charge in [-0.15, -0.1) is 14.8 Å². The highest BCUT2D eigenvalue weighted by molar-refractivity contribution is 5.76. The van der Waals surface area contributed by atoms with Crippen LogP contribution in [-0.2, 0) is 11.2 Å². The van der Waals surface area contributed by atoms with E-state index in [-0.39, 0.29) is 11.9 Å². The number of para-hydroxylation sites is 1. The molecule has 3 heterocycles. The van der Waals surface area contributed by atoms with Crippen LogP contribution in [0.5, 0.6) is 5.75 Å². The molecule has 0 N–H and O–H groups in total. The zero-order valence-corrected chi connectivity index (χ0v) is 17.0. The fourth-order valence-corrected chi connectivity index (χ4v) is 3.91. The van der Waals surface area contributed by atoms with Crippen LogP contribution in [0.3, 0.4) is 0 Å². The molecule has 8 heteroatoms. The summed E-state index contributed by atoms with van der Waals surface area (Å²) in [4.78, 5) is 15.0. The van der Waals surface area contributed by atoms with Crippen molar-refractivity contribution in [3.8, 4) is 5.75 Å². The number of benzene rings is 2. The largest absolute Gasteiger partial charge is 0.426 e. The third kappa shape index (κ3) is 4.23. The maximum Gasteiger partial charge on any atom is 0.314 e. The Bertz CT molecular complexity index is 1180. The molecule has 0 amide bonds. The standard InChI is InChI=1S/C23H22N6O2/c30-23(31-20-9-5-4-8-19(20)16-17-6-2-1-3-7-17)18-12-14-28(15-13-18)22-11-10-21-24-26-27-29(21)25-22/h1-11,18H,12-16H2. The van der Waals surface area contributed by atoms with Crippen LogP contribution in [0.2, 0.25) is 0 Å². The molecule has 1 saturated heterocycles. The molecule has 0 spiro atoms. The van der Waals surface area contributed by atoms with Gasteiger partial charge in [-0.25, -0.2) is 0 Å². The van der Waals surface area contributed by atoms with Gasteiger partial charge in [0.25, 0.3) is 0 Å². The molecule has 8 nitrogen and oxygen atoms in total. The van der Waals surface area contributed by atoms with Crippen LogP contribution >= 0.6 is 0 Å². The van der Waals surface area contributed by atoms with Crippen molar-refractivity contribution in [1.82, 2.24) is 25.3 Å². The minimum Gasteiger partial charge on any atom is -0.426 e. The number of carbonyl (C=O) groups is 1. The Kier molecular flexibility index (Phi) is 5.26. The zero-order chi connectivity index (χ0) is 21.0. The van der Waals surface area contributed by atoms with Gasteiger partial charge >= 0.3 is 5.97 Å². The minimum absolute atomic E-state index is 0.127. The van der Waals surface area contributed by atoms with Crippen LogP contribution in [-0.4, -0.2) is 44.3 Å². The van der Waals surface area contributed by atoms with Crippen LogP contribution in [0.4, 0.5) is 5.82 Å². The Labute approximate surface area is 179 Å². The minimum atomic E-state index is -0.163. The Morgan fingerprint density at radius 2 is 1.74 bits per heavy atom. The van der Waals surface area contributed by atoms with Crippen LogP contribution < -0.4 is 9.64 Å². The van der Waals surface area contributed by atoms with Crippen LogP contribution in [0.15, 0.2) is 66.7 Å². The van der Waals surface area contributed by atoms with E-state index < -0.39 is 0 Å². The van der Waals surface area contributed by atoms with Crippen molar-refractivity contribution in [3.05, 3.63) is 77.9 Å². The molecule has 1 aliphatic rings. The summed E-state index contributed by atoms with van der Waals surface area (Å²) in [6, 6.07) is 21.7. The van der Waals surface area contributed by atoms with E-state index in [0.717, 1.165) is 43.7 Å². The normalized spacial score (nSPS) is 14.6. The van der Waals surface area contributed by atoms with Crippen molar-refractivity contribution in [3.63, 3.8) is 0 Å². The third-order valence-electron chi connectivity index (χ3n) is 5.63. The average molecular weight is 414 g/mol. The van der Waals surface area contributed by atoms with E-state index in [1.54, 1.807) is 0 Å². The highest BCUT2D eigenvalue weighted by Crippen LogP contribution is 2.26. The van der Waals surface area contributed by atoms with E-state index in [0.29, 0.717) is 11.4 Å². The molecule has 2 aromatic carbocycles. The first-order valence-corrected chi connectivity index (χ1v) is 10.4. The molecule has 156 valence electrons. The molecule has 2 aromatic heterocycles. The number of fused-ring (bicyclic) bond motifs is 1. The molecule has 0 radical (unpaired) electrons.